The molecule has 7 rings (SSSR count). The molecule has 0 aliphatic carbocycles. The van der Waals surface area contributed by atoms with E-state index in [4.69, 9.17) is 30.3 Å². The molecular formula is C21F3N15O3. The third-order valence-electron chi connectivity index (χ3n) is 5.12. The van der Waals surface area contributed by atoms with E-state index in [1.54, 1.807) is 0 Å². The Bertz CT molecular complexity index is 2140. The van der Waals surface area contributed by atoms with Crippen LogP contribution in [0.5, 0.6) is 0 Å². The number of hydrogen-bond donors (Lipinski definition) is 0. The van der Waals surface area contributed by atoms with Gasteiger partial charge in [0.2, 0.25) is 34.7 Å². The van der Waals surface area contributed by atoms with Crippen LogP contribution in [0.1, 0.15) is 11.4 Å². The molecule has 7 aromatic rings. The van der Waals surface area contributed by atoms with Gasteiger partial charge in [0.05, 0.1) is 0 Å². The summed E-state index contributed by atoms with van der Waals surface area (Å²) in [4.78, 5) is 49.1. The van der Waals surface area contributed by atoms with Crippen LogP contribution in [-0.4, -0.2) is 59.8 Å². The van der Waals surface area contributed by atoms with Crippen molar-refractivity contribution in [3.05, 3.63) is 40.6 Å². The summed E-state index contributed by atoms with van der Waals surface area (Å²) in [7, 11) is 0. The van der Waals surface area contributed by atoms with Crippen molar-refractivity contribution in [2.24, 2.45) is 0 Å². The van der Waals surface area contributed by atoms with Crippen LogP contribution < -0.4 is 0 Å². The van der Waals surface area contributed by atoms with E-state index in [0.717, 1.165) is 0 Å². The summed E-state index contributed by atoms with van der Waals surface area (Å²) in [6, 6.07) is 3.04. The molecule has 42 heavy (non-hydrogen) atoms. The van der Waals surface area contributed by atoms with Crippen LogP contribution in [0.15, 0.2) is 13.3 Å². The second-order valence-electron chi connectivity index (χ2n) is 7.65. The lowest BCUT2D eigenvalue weighted by Gasteiger charge is -2.00. The highest BCUT2D eigenvalue weighted by atomic mass is 19.1. The molecule has 21 heteroatoms. The molecule has 0 aromatic carbocycles. The van der Waals surface area contributed by atoms with Crippen molar-refractivity contribution < 1.29 is 26.4 Å². The molecule has 7 aromatic heterocycles. The molecule has 198 valence electrons. The quantitative estimate of drug-likeness (QED) is 0.278. The fourth-order valence-electron chi connectivity index (χ4n) is 3.39. The van der Waals surface area contributed by atoms with Gasteiger partial charge in [-0.05, 0) is 0 Å². The average Bonchev–Trinajstić information content (AvgIpc) is 3.71. The van der Waals surface area contributed by atoms with Gasteiger partial charge in [-0.15, -0.1) is 0 Å². The maximum Gasteiger partial charge on any atom is 0.327 e. The predicted octanol–water partition coefficient (Wildman–Crippen LogP) is 2.38. The highest BCUT2D eigenvalue weighted by Gasteiger charge is 2.26. The zero-order valence-corrected chi connectivity index (χ0v) is 19.6. The molecule has 0 aliphatic rings. The van der Waals surface area contributed by atoms with Crippen LogP contribution in [0, 0.1) is 47.1 Å². The van der Waals surface area contributed by atoms with Gasteiger partial charge in [0.25, 0.3) is 46.7 Å². The molecule has 0 saturated carbocycles. The molecule has 0 bridgehead atoms. The van der Waals surface area contributed by atoms with Crippen molar-refractivity contribution in [3.63, 3.8) is 0 Å². The SMILES string of the molecule is [C-]#[N+]c1nc2nc(-c3nc(-c4nc5nc(C#N)c(F)nc5o4)nc(-c4nc5nc(C#N)c(F)nc5o4)n3)oc2nc1F. The van der Waals surface area contributed by atoms with Gasteiger partial charge in [0.1, 0.15) is 12.1 Å². The first kappa shape index (κ1) is 24.0. The molecule has 0 radical (unpaired) electrons. The van der Waals surface area contributed by atoms with Gasteiger partial charge in [-0.2, -0.15) is 68.6 Å². The molecular weight excluding hydrogens is 567 g/mol. The van der Waals surface area contributed by atoms with Gasteiger partial charge in [-0.3, -0.25) is 0 Å². The summed E-state index contributed by atoms with van der Waals surface area (Å²) >= 11 is 0. The maximum absolute atomic E-state index is 14.0. The van der Waals surface area contributed by atoms with E-state index in [-0.39, 0.29) is 34.4 Å². The first-order valence-corrected chi connectivity index (χ1v) is 10.8. The minimum absolute atomic E-state index is 0.259. The lowest BCUT2D eigenvalue weighted by atomic mass is 10.4. The Kier molecular flexibility index (Phi) is 4.98. The monoisotopic (exact) mass is 567 g/mol. The molecule has 0 aliphatic heterocycles. The largest absolute Gasteiger partial charge is 0.413 e. The average molecular weight is 567 g/mol. The van der Waals surface area contributed by atoms with Gasteiger partial charge < -0.3 is 18.1 Å². The van der Waals surface area contributed by atoms with E-state index in [1.165, 1.54) is 12.1 Å². The van der Waals surface area contributed by atoms with E-state index in [2.05, 4.69) is 64.7 Å². The zero-order chi connectivity index (χ0) is 29.1. The normalized spacial score (nSPS) is 11.1. The Hall–Kier alpha value is -7.08. The fourth-order valence-corrected chi connectivity index (χ4v) is 3.39. The minimum atomic E-state index is -1.21. The predicted molar refractivity (Wildman–Crippen MR) is 121 cm³/mol. The Balaban J connectivity index is 1.45. The molecule has 0 amide bonds. The standard InChI is InChI=1S/C21F3N15O3/c1-27-9-8(24)32-18-15(33-9)39-21(42-18)14-35-12(19-37-10-16(40-19)30-6(22)4(2-25)28-10)34-13(36-14)20-38-11-17(41-20)31-7(23)5(3-26)29-11. The number of nitriles is 2. The third kappa shape index (κ3) is 3.72. The molecule has 0 spiro atoms. The highest BCUT2D eigenvalue weighted by molar-refractivity contribution is 5.72. The van der Waals surface area contributed by atoms with E-state index < -0.39 is 69.9 Å². The molecule has 0 atom stereocenters. The molecule has 0 saturated heterocycles. The van der Waals surface area contributed by atoms with Crippen LogP contribution >= 0.6 is 0 Å². The van der Waals surface area contributed by atoms with Gasteiger partial charge in [0, 0.05) is 0 Å². The summed E-state index contributed by atoms with van der Waals surface area (Å²) in [5.74, 6) is -6.62. The lowest BCUT2D eigenvalue weighted by molar-refractivity contribution is 0.547. The Morgan fingerprint density at radius 1 is 0.524 bits per heavy atom. The zero-order valence-electron chi connectivity index (χ0n) is 19.6. The fraction of sp³-hybridized carbons (Fsp3) is 0. The third-order valence-corrected chi connectivity index (χ3v) is 5.12. The van der Waals surface area contributed by atoms with Crippen LogP contribution in [0.25, 0.3) is 74.1 Å². The Morgan fingerprint density at radius 2 is 0.905 bits per heavy atom. The number of halogens is 3. The minimum Gasteiger partial charge on any atom is -0.413 e. The Labute approximate surface area is 225 Å². The first-order valence-electron chi connectivity index (χ1n) is 10.8. The van der Waals surface area contributed by atoms with Gasteiger partial charge in [0.15, 0.2) is 11.4 Å². The van der Waals surface area contributed by atoms with Gasteiger partial charge in [-0.25, -0.2) is 9.97 Å². The number of oxazole rings is 3. The molecule has 18 nitrogen and oxygen atoms in total. The van der Waals surface area contributed by atoms with Gasteiger partial charge in [-0.1, -0.05) is 11.6 Å². The van der Waals surface area contributed by atoms with Crippen molar-refractivity contribution in [2.45, 2.75) is 0 Å². The van der Waals surface area contributed by atoms with Crippen LogP contribution in [0.4, 0.5) is 19.0 Å². The van der Waals surface area contributed by atoms with E-state index in [0.29, 0.717) is 0 Å². The smallest absolute Gasteiger partial charge is 0.327 e. The summed E-state index contributed by atoms with van der Waals surface area (Å²) in [5, 5.41) is 18.1. The number of fused-ring (bicyclic) bond motifs is 3. The highest BCUT2D eigenvalue weighted by Crippen LogP contribution is 2.28. The lowest BCUT2D eigenvalue weighted by Crippen LogP contribution is -2.00. The van der Waals surface area contributed by atoms with Crippen molar-refractivity contribution in [1.82, 2.24) is 59.8 Å². The van der Waals surface area contributed by atoms with Crippen molar-refractivity contribution in [2.75, 3.05) is 0 Å². The summed E-state index contributed by atoms with van der Waals surface area (Å²) < 4.78 is 58.2. The summed E-state index contributed by atoms with van der Waals surface area (Å²) in [5.41, 5.74) is -3.29. The van der Waals surface area contributed by atoms with Crippen LogP contribution in [-0.2, 0) is 0 Å². The van der Waals surface area contributed by atoms with Crippen molar-refractivity contribution in [1.29, 1.82) is 10.5 Å². The van der Waals surface area contributed by atoms with Crippen LogP contribution in [0.3, 0.4) is 0 Å². The second kappa shape index (κ2) is 8.72. The van der Waals surface area contributed by atoms with Crippen molar-refractivity contribution >= 4 is 39.9 Å². The van der Waals surface area contributed by atoms with Gasteiger partial charge >= 0.3 is 11.5 Å². The molecule has 0 fully saturated rings. The topological polar surface area (TPSA) is 246 Å². The molecule has 0 N–H and O–H groups in total. The number of nitrogens with zero attached hydrogens (tertiary/aromatic N) is 15. The molecule has 7 heterocycles. The number of rotatable bonds is 3. The maximum atomic E-state index is 14.0. The molecule has 0 unspecified atom stereocenters. The summed E-state index contributed by atoms with van der Waals surface area (Å²) in [6.45, 7) is 7.00. The van der Waals surface area contributed by atoms with Crippen molar-refractivity contribution in [3.8, 4) is 47.3 Å². The summed E-state index contributed by atoms with van der Waals surface area (Å²) in [6.07, 6.45) is 0. The van der Waals surface area contributed by atoms with Crippen LogP contribution in [0.2, 0.25) is 0 Å². The van der Waals surface area contributed by atoms with E-state index >= 15 is 0 Å². The Morgan fingerprint density at radius 3 is 1.29 bits per heavy atom. The number of hydrogen-bond acceptors (Lipinski definition) is 17. The number of aromatic nitrogens is 12. The first-order chi connectivity index (χ1) is 20.3. The second-order valence-corrected chi connectivity index (χ2v) is 7.65. The van der Waals surface area contributed by atoms with E-state index in [1.807, 2.05) is 0 Å². The van der Waals surface area contributed by atoms with E-state index in [9.17, 15) is 13.2 Å².